The maximum atomic E-state index is 12.5. The van der Waals surface area contributed by atoms with Crippen molar-refractivity contribution in [1.29, 1.82) is 0 Å². The molecule has 5 nitrogen and oxygen atoms in total. The molecule has 0 unspecified atom stereocenters. The summed E-state index contributed by atoms with van der Waals surface area (Å²) < 4.78 is 0. The molecule has 6 heteroatoms. The van der Waals surface area contributed by atoms with E-state index in [1.165, 1.54) is 0 Å². The number of nitrogens with two attached hydrogens (primary N) is 1. The smallest absolute Gasteiger partial charge is 0.239 e. The summed E-state index contributed by atoms with van der Waals surface area (Å²) in [5.74, 6) is 1.14. The maximum Gasteiger partial charge on any atom is 0.239 e. The van der Waals surface area contributed by atoms with Crippen LogP contribution in [0.1, 0.15) is 39.5 Å². The Hall–Kier alpha value is -0.810. The van der Waals surface area contributed by atoms with Gasteiger partial charge in [0.15, 0.2) is 0 Å². The third-order valence-electron chi connectivity index (χ3n) is 4.64. The average molecular weight is 318 g/mol. The van der Waals surface area contributed by atoms with Gasteiger partial charge >= 0.3 is 0 Å². The van der Waals surface area contributed by atoms with Crippen LogP contribution in [0.3, 0.4) is 0 Å². The maximum absolute atomic E-state index is 12.5. The van der Waals surface area contributed by atoms with Gasteiger partial charge in [0.25, 0.3) is 0 Å². The van der Waals surface area contributed by atoms with Crippen molar-refractivity contribution in [2.45, 2.75) is 45.6 Å². The van der Waals surface area contributed by atoms with Crippen LogP contribution in [0.25, 0.3) is 0 Å². The van der Waals surface area contributed by atoms with Crippen molar-refractivity contribution >= 4 is 24.2 Å². The van der Waals surface area contributed by atoms with Crippen LogP contribution in [0, 0.1) is 11.8 Å². The number of amides is 2. The molecule has 0 radical (unpaired) electrons. The van der Waals surface area contributed by atoms with Crippen LogP contribution >= 0.6 is 12.4 Å². The van der Waals surface area contributed by atoms with E-state index in [2.05, 4.69) is 6.92 Å². The van der Waals surface area contributed by atoms with E-state index in [1.807, 2.05) is 4.90 Å². The van der Waals surface area contributed by atoms with Gasteiger partial charge in [-0.2, -0.15) is 0 Å². The van der Waals surface area contributed by atoms with E-state index in [0.29, 0.717) is 19.0 Å². The summed E-state index contributed by atoms with van der Waals surface area (Å²) in [6, 6.07) is -0.439. The molecule has 0 bridgehead atoms. The Morgan fingerprint density at radius 2 is 1.48 bits per heavy atom. The van der Waals surface area contributed by atoms with Crippen LogP contribution in [-0.2, 0) is 9.59 Å². The van der Waals surface area contributed by atoms with Crippen molar-refractivity contribution in [3.8, 4) is 0 Å². The Morgan fingerprint density at radius 1 is 1.00 bits per heavy atom. The van der Waals surface area contributed by atoms with Gasteiger partial charge < -0.3 is 15.5 Å². The number of hydrogen-bond acceptors (Lipinski definition) is 3. The Labute approximate surface area is 133 Å². The fourth-order valence-electron chi connectivity index (χ4n) is 3.12. The molecule has 2 aliphatic rings. The van der Waals surface area contributed by atoms with Crippen LogP contribution in [0.4, 0.5) is 0 Å². The second-order valence-electron chi connectivity index (χ2n) is 6.40. The lowest BCUT2D eigenvalue weighted by Crippen LogP contribution is -2.49. The van der Waals surface area contributed by atoms with Crippen molar-refractivity contribution in [1.82, 2.24) is 9.80 Å². The first-order valence-electron chi connectivity index (χ1n) is 7.82. The van der Waals surface area contributed by atoms with Crippen LogP contribution in [-0.4, -0.2) is 53.8 Å². The third kappa shape index (κ3) is 4.58. The van der Waals surface area contributed by atoms with Gasteiger partial charge in [0.05, 0.1) is 6.04 Å². The lowest BCUT2D eigenvalue weighted by atomic mass is 9.92. The molecule has 2 rings (SSSR count). The number of likely N-dealkylation sites (tertiary alicyclic amines) is 2. The molecule has 0 saturated carbocycles. The van der Waals surface area contributed by atoms with E-state index in [9.17, 15) is 9.59 Å². The number of piperidine rings is 2. The molecular formula is C15H28ClN3O2. The lowest BCUT2D eigenvalue weighted by Gasteiger charge is -2.37. The SMILES string of the molecule is CC1CCN(C(=O)C2CCN(C(=O)[C@@H](C)N)CC2)CC1.Cl. The molecule has 2 fully saturated rings. The van der Waals surface area contributed by atoms with E-state index in [4.69, 9.17) is 5.73 Å². The van der Waals surface area contributed by atoms with Crippen LogP contribution < -0.4 is 5.73 Å². The summed E-state index contributed by atoms with van der Waals surface area (Å²) in [5, 5.41) is 0. The molecule has 0 aliphatic carbocycles. The topological polar surface area (TPSA) is 66.6 Å². The minimum absolute atomic E-state index is 0. The zero-order valence-electron chi connectivity index (χ0n) is 13.1. The fraction of sp³-hybridized carbons (Fsp3) is 0.867. The molecule has 0 spiro atoms. The van der Waals surface area contributed by atoms with Gasteiger partial charge in [0.1, 0.15) is 0 Å². The highest BCUT2D eigenvalue weighted by molar-refractivity contribution is 5.85. The molecule has 21 heavy (non-hydrogen) atoms. The molecule has 0 aromatic heterocycles. The van der Waals surface area contributed by atoms with Gasteiger partial charge in [0.2, 0.25) is 11.8 Å². The third-order valence-corrected chi connectivity index (χ3v) is 4.64. The summed E-state index contributed by atoms with van der Waals surface area (Å²) in [6.45, 7) is 7.11. The first-order chi connectivity index (χ1) is 9.49. The second kappa shape index (κ2) is 7.99. The summed E-state index contributed by atoms with van der Waals surface area (Å²) in [5.41, 5.74) is 5.62. The highest BCUT2D eigenvalue weighted by Crippen LogP contribution is 2.23. The number of nitrogens with zero attached hydrogens (tertiary/aromatic N) is 2. The second-order valence-corrected chi connectivity index (χ2v) is 6.40. The zero-order chi connectivity index (χ0) is 14.7. The molecule has 0 aromatic carbocycles. The molecule has 1 atom stereocenters. The number of rotatable bonds is 2. The lowest BCUT2D eigenvalue weighted by molar-refractivity contribution is -0.142. The first-order valence-corrected chi connectivity index (χ1v) is 7.82. The van der Waals surface area contributed by atoms with Crippen molar-refractivity contribution in [3.05, 3.63) is 0 Å². The summed E-state index contributed by atoms with van der Waals surface area (Å²) in [4.78, 5) is 28.1. The molecule has 2 saturated heterocycles. The number of hydrogen-bond donors (Lipinski definition) is 1. The van der Waals surface area contributed by atoms with E-state index in [1.54, 1.807) is 11.8 Å². The van der Waals surface area contributed by atoms with Gasteiger partial charge in [-0.15, -0.1) is 12.4 Å². The minimum Gasteiger partial charge on any atom is -0.342 e. The molecule has 2 amide bonds. The number of halogens is 1. The fourth-order valence-corrected chi connectivity index (χ4v) is 3.12. The van der Waals surface area contributed by atoms with Gasteiger partial charge in [-0.3, -0.25) is 9.59 Å². The van der Waals surface area contributed by atoms with Gasteiger partial charge in [-0.1, -0.05) is 6.92 Å². The number of carbonyl (C=O) groups is 2. The van der Waals surface area contributed by atoms with Crippen molar-refractivity contribution in [3.63, 3.8) is 0 Å². The van der Waals surface area contributed by atoms with Gasteiger partial charge in [0, 0.05) is 32.1 Å². The quantitative estimate of drug-likeness (QED) is 0.833. The first kappa shape index (κ1) is 18.2. The van der Waals surface area contributed by atoms with Gasteiger partial charge in [-0.25, -0.2) is 0 Å². The molecular weight excluding hydrogens is 290 g/mol. The normalized spacial score (nSPS) is 22.6. The van der Waals surface area contributed by atoms with Gasteiger partial charge in [-0.05, 0) is 38.5 Å². The highest BCUT2D eigenvalue weighted by Gasteiger charge is 2.31. The van der Waals surface area contributed by atoms with E-state index in [-0.39, 0.29) is 24.2 Å². The molecule has 2 N–H and O–H groups in total. The highest BCUT2D eigenvalue weighted by atomic mass is 35.5. The summed E-state index contributed by atoms with van der Waals surface area (Å²) in [6.07, 6.45) is 3.80. The predicted molar refractivity (Wildman–Crippen MR) is 85.2 cm³/mol. The van der Waals surface area contributed by atoms with Crippen LogP contribution in [0.5, 0.6) is 0 Å². The Kier molecular flexibility index (Phi) is 6.94. The van der Waals surface area contributed by atoms with Crippen molar-refractivity contribution in [2.75, 3.05) is 26.2 Å². The standard InChI is InChI=1S/C15H27N3O2.ClH/c1-11-3-7-18(8-4-11)15(20)13-5-9-17(10-6-13)14(19)12(2)16;/h11-13H,3-10,16H2,1-2H3;1H/t12-;/m1./s1. The molecule has 122 valence electrons. The monoisotopic (exact) mass is 317 g/mol. The van der Waals surface area contributed by atoms with E-state index >= 15 is 0 Å². The molecule has 2 heterocycles. The average Bonchev–Trinajstić information content (AvgIpc) is 2.46. The van der Waals surface area contributed by atoms with Crippen molar-refractivity contribution in [2.24, 2.45) is 17.6 Å². The zero-order valence-corrected chi connectivity index (χ0v) is 13.9. The number of carbonyl (C=O) groups excluding carboxylic acids is 2. The van der Waals surface area contributed by atoms with E-state index < -0.39 is 6.04 Å². The summed E-state index contributed by atoms with van der Waals surface area (Å²) >= 11 is 0. The Bertz CT molecular complexity index is 360. The Balaban J connectivity index is 0.00000220. The molecule has 2 aliphatic heterocycles. The van der Waals surface area contributed by atoms with Crippen LogP contribution in [0.2, 0.25) is 0 Å². The van der Waals surface area contributed by atoms with Crippen molar-refractivity contribution < 1.29 is 9.59 Å². The minimum atomic E-state index is -0.439. The van der Waals surface area contributed by atoms with Crippen LogP contribution in [0.15, 0.2) is 0 Å². The predicted octanol–water partition coefficient (Wildman–Crippen LogP) is 1.25. The Morgan fingerprint density at radius 3 is 1.95 bits per heavy atom. The van der Waals surface area contributed by atoms with E-state index in [0.717, 1.165) is 44.7 Å². The largest absolute Gasteiger partial charge is 0.342 e. The summed E-state index contributed by atoms with van der Waals surface area (Å²) in [7, 11) is 0. The molecule has 0 aromatic rings.